The van der Waals surface area contributed by atoms with Gasteiger partial charge in [-0.15, -0.1) is 0 Å². The third-order valence-electron chi connectivity index (χ3n) is 4.98. The standard InChI is InChI=1S/C21H37N9O5/c1-11(2)7-16(20(34)35)30-19(33)15(5-4-6-26-21(23)24)29-17(31)12(3)28-18(32)14(22)8-13-9-25-10-27-13/h9-12,14-16H,4-8,22H2,1-3H3,(H,25,27)(H,28,32)(H,29,31)(H,30,33)(H,34,35)(H4,23,24,26)/t12-,14-,15-,16-/m0/s1. The van der Waals surface area contributed by atoms with E-state index in [1.807, 2.05) is 13.8 Å². The minimum atomic E-state index is -1.18. The minimum Gasteiger partial charge on any atom is -0.480 e. The van der Waals surface area contributed by atoms with Crippen molar-refractivity contribution in [1.82, 2.24) is 25.9 Å². The fourth-order valence-electron chi connectivity index (χ4n) is 3.15. The second kappa shape index (κ2) is 14.6. The van der Waals surface area contributed by atoms with Gasteiger partial charge in [0.05, 0.1) is 12.4 Å². The van der Waals surface area contributed by atoms with Crippen LogP contribution in [0.15, 0.2) is 17.5 Å². The summed E-state index contributed by atoms with van der Waals surface area (Å²) in [6.45, 7) is 5.32. The number of hydrogen-bond acceptors (Lipinski definition) is 7. The maximum absolute atomic E-state index is 12.8. The molecule has 196 valence electrons. The zero-order valence-electron chi connectivity index (χ0n) is 20.3. The lowest BCUT2D eigenvalue weighted by molar-refractivity contribution is -0.142. The summed E-state index contributed by atoms with van der Waals surface area (Å²) >= 11 is 0. The molecule has 1 rings (SSSR count). The maximum Gasteiger partial charge on any atom is 0.326 e. The molecule has 0 unspecified atom stereocenters. The molecular weight excluding hydrogens is 458 g/mol. The number of aliphatic imine (C=N–C) groups is 1. The van der Waals surface area contributed by atoms with Crippen LogP contribution >= 0.6 is 0 Å². The highest BCUT2D eigenvalue weighted by Crippen LogP contribution is 2.07. The summed E-state index contributed by atoms with van der Waals surface area (Å²) in [5.74, 6) is -3.12. The molecule has 11 N–H and O–H groups in total. The molecule has 1 heterocycles. The molecule has 1 aromatic rings. The van der Waals surface area contributed by atoms with Gasteiger partial charge in [0.2, 0.25) is 17.7 Å². The molecule has 0 bridgehead atoms. The summed E-state index contributed by atoms with van der Waals surface area (Å²) < 4.78 is 0. The van der Waals surface area contributed by atoms with Crippen molar-refractivity contribution in [3.8, 4) is 0 Å². The van der Waals surface area contributed by atoms with E-state index in [4.69, 9.17) is 17.2 Å². The predicted octanol–water partition coefficient (Wildman–Crippen LogP) is -2.06. The fraction of sp³-hybridized carbons (Fsp3) is 0.619. The number of amides is 3. The van der Waals surface area contributed by atoms with Gasteiger partial charge in [-0.05, 0) is 32.1 Å². The average molecular weight is 496 g/mol. The van der Waals surface area contributed by atoms with Crippen LogP contribution < -0.4 is 33.2 Å². The molecule has 0 aliphatic carbocycles. The number of aromatic amines is 1. The lowest BCUT2D eigenvalue weighted by Crippen LogP contribution is -2.56. The second-order valence-electron chi connectivity index (χ2n) is 8.66. The second-order valence-corrected chi connectivity index (χ2v) is 8.66. The number of hydrogen-bond donors (Lipinski definition) is 8. The van der Waals surface area contributed by atoms with Crippen LogP contribution in [0, 0.1) is 5.92 Å². The molecule has 1 aromatic heterocycles. The molecule has 0 radical (unpaired) electrons. The first-order chi connectivity index (χ1) is 16.4. The third kappa shape index (κ3) is 11.3. The van der Waals surface area contributed by atoms with Crippen LogP contribution in [0.2, 0.25) is 0 Å². The minimum absolute atomic E-state index is 0.0208. The molecule has 4 atom stereocenters. The van der Waals surface area contributed by atoms with Crippen LogP contribution in [0.3, 0.4) is 0 Å². The van der Waals surface area contributed by atoms with Crippen molar-refractivity contribution in [3.05, 3.63) is 18.2 Å². The van der Waals surface area contributed by atoms with Crippen molar-refractivity contribution in [2.75, 3.05) is 6.54 Å². The summed E-state index contributed by atoms with van der Waals surface area (Å²) in [5, 5.41) is 17.0. The summed E-state index contributed by atoms with van der Waals surface area (Å²) in [6, 6.07) is -4.10. The Bertz CT molecular complexity index is 869. The van der Waals surface area contributed by atoms with Crippen molar-refractivity contribution < 1.29 is 24.3 Å². The van der Waals surface area contributed by atoms with Gasteiger partial charge in [0.1, 0.15) is 18.1 Å². The molecule has 0 spiro atoms. The Morgan fingerprint density at radius 3 is 2.26 bits per heavy atom. The Morgan fingerprint density at radius 2 is 1.71 bits per heavy atom. The van der Waals surface area contributed by atoms with Crippen molar-refractivity contribution in [2.45, 2.75) is 70.6 Å². The number of nitrogens with zero attached hydrogens (tertiary/aromatic N) is 2. The fourth-order valence-corrected chi connectivity index (χ4v) is 3.15. The number of imidazole rings is 1. The van der Waals surface area contributed by atoms with Gasteiger partial charge in [0, 0.05) is 24.9 Å². The number of carbonyl (C=O) groups excluding carboxylic acids is 3. The van der Waals surface area contributed by atoms with E-state index in [9.17, 15) is 24.3 Å². The Hall–Kier alpha value is -3.68. The van der Waals surface area contributed by atoms with Crippen LogP contribution in [0.25, 0.3) is 0 Å². The van der Waals surface area contributed by atoms with E-state index >= 15 is 0 Å². The van der Waals surface area contributed by atoms with Crippen molar-refractivity contribution in [3.63, 3.8) is 0 Å². The molecule has 0 saturated carbocycles. The summed E-state index contributed by atoms with van der Waals surface area (Å²) in [6.07, 6.45) is 3.90. The van der Waals surface area contributed by atoms with Crippen LogP contribution in [0.4, 0.5) is 0 Å². The Labute approximate surface area is 203 Å². The number of carboxylic acids is 1. The molecule has 14 heteroatoms. The summed E-state index contributed by atoms with van der Waals surface area (Å²) in [5.41, 5.74) is 17.2. The van der Waals surface area contributed by atoms with Gasteiger partial charge in [-0.1, -0.05) is 13.8 Å². The number of aliphatic carboxylic acids is 1. The number of carbonyl (C=O) groups is 4. The monoisotopic (exact) mass is 495 g/mol. The Kier molecular flexibility index (Phi) is 12.2. The van der Waals surface area contributed by atoms with E-state index in [2.05, 4.69) is 30.9 Å². The molecule has 0 aliphatic heterocycles. The van der Waals surface area contributed by atoms with Crippen LogP contribution in [-0.4, -0.2) is 75.4 Å². The molecule has 3 amide bonds. The number of nitrogens with one attached hydrogen (secondary N) is 4. The Morgan fingerprint density at radius 1 is 1.06 bits per heavy atom. The van der Waals surface area contributed by atoms with Crippen molar-refractivity contribution in [2.24, 2.45) is 28.1 Å². The highest BCUT2D eigenvalue weighted by Gasteiger charge is 2.29. The quantitative estimate of drug-likeness (QED) is 0.0756. The normalized spacial score (nSPS) is 14.3. The highest BCUT2D eigenvalue weighted by molar-refractivity contribution is 5.93. The van der Waals surface area contributed by atoms with Crippen molar-refractivity contribution >= 4 is 29.7 Å². The molecule has 0 aliphatic rings. The van der Waals surface area contributed by atoms with Crippen LogP contribution in [0.5, 0.6) is 0 Å². The molecule has 35 heavy (non-hydrogen) atoms. The van der Waals surface area contributed by atoms with Gasteiger partial charge in [0.25, 0.3) is 0 Å². The smallest absolute Gasteiger partial charge is 0.326 e. The number of H-pyrrole nitrogens is 1. The zero-order chi connectivity index (χ0) is 26.5. The number of rotatable bonds is 15. The molecule has 0 saturated heterocycles. The maximum atomic E-state index is 12.8. The summed E-state index contributed by atoms with van der Waals surface area (Å²) in [7, 11) is 0. The zero-order valence-corrected chi connectivity index (χ0v) is 20.3. The lowest BCUT2D eigenvalue weighted by atomic mass is 10.0. The van der Waals surface area contributed by atoms with Crippen molar-refractivity contribution in [1.29, 1.82) is 0 Å². The molecular formula is C21H37N9O5. The SMILES string of the molecule is CC(C)C[C@H](NC(=O)[C@H](CCCN=C(N)N)NC(=O)[C@H](C)NC(=O)[C@@H](N)Cc1cnc[nH]1)C(=O)O. The Balaban J connectivity index is 2.80. The number of carboxylic acid groups (broad SMARTS) is 1. The summed E-state index contributed by atoms with van der Waals surface area (Å²) in [4.78, 5) is 60.0. The first-order valence-electron chi connectivity index (χ1n) is 11.3. The topological polar surface area (TPSA) is 244 Å². The highest BCUT2D eigenvalue weighted by atomic mass is 16.4. The van der Waals surface area contributed by atoms with Gasteiger partial charge in [-0.2, -0.15) is 0 Å². The van der Waals surface area contributed by atoms with E-state index < -0.39 is 47.9 Å². The molecule has 0 fully saturated rings. The van der Waals surface area contributed by atoms with E-state index in [1.165, 1.54) is 13.3 Å². The predicted molar refractivity (Wildman–Crippen MR) is 129 cm³/mol. The molecule has 0 aromatic carbocycles. The molecule has 14 nitrogen and oxygen atoms in total. The van der Waals surface area contributed by atoms with Gasteiger partial charge >= 0.3 is 5.97 Å². The van der Waals surface area contributed by atoms with Gasteiger partial charge in [0.15, 0.2) is 5.96 Å². The number of guanidine groups is 1. The largest absolute Gasteiger partial charge is 0.480 e. The number of nitrogens with two attached hydrogens (primary N) is 3. The van der Waals surface area contributed by atoms with E-state index in [1.54, 1.807) is 6.20 Å². The van der Waals surface area contributed by atoms with Gasteiger partial charge in [-0.3, -0.25) is 19.4 Å². The van der Waals surface area contributed by atoms with Gasteiger partial charge in [-0.25, -0.2) is 9.78 Å². The first-order valence-corrected chi connectivity index (χ1v) is 11.3. The first kappa shape index (κ1) is 29.4. The van der Waals surface area contributed by atoms with E-state index in [-0.39, 0.29) is 37.7 Å². The van der Waals surface area contributed by atoms with E-state index in [0.717, 1.165) is 0 Å². The number of aromatic nitrogens is 2. The van der Waals surface area contributed by atoms with Crippen LogP contribution in [-0.2, 0) is 25.6 Å². The van der Waals surface area contributed by atoms with E-state index in [0.29, 0.717) is 12.1 Å². The average Bonchev–Trinajstić information content (AvgIpc) is 3.27. The van der Waals surface area contributed by atoms with Crippen LogP contribution in [0.1, 0.15) is 45.7 Å². The van der Waals surface area contributed by atoms with Gasteiger partial charge < -0.3 is 43.2 Å². The lowest BCUT2D eigenvalue weighted by Gasteiger charge is -2.24. The third-order valence-corrected chi connectivity index (χ3v) is 4.98.